The molecule has 2 aromatic carbocycles. The van der Waals surface area contributed by atoms with Crippen LogP contribution in [0.2, 0.25) is 0 Å². The van der Waals surface area contributed by atoms with E-state index in [1.165, 1.54) is 0 Å². The number of aryl methyl sites for hydroxylation is 1. The summed E-state index contributed by atoms with van der Waals surface area (Å²) in [5.74, 6) is 1.05. The molecule has 5 nitrogen and oxygen atoms in total. The third-order valence-electron chi connectivity index (χ3n) is 3.70. The standard InChI is InChI=1S/C19H24N2O3.ClH/c1-4-5-10-24-18-9-8-15(23-3)12-17(18)21-19(22)16-11-14(20)7-6-13(16)2;/h6-9,11-12H,4-5,10,20H2,1-3H3,(H,21,22);1H. The van der Waals surface area contributed by atoms with Gasteiger partial charge in [0.1, 0.15) is 11.5 Å². The Hall–Kier alpha value is -2.40. The molecule has 2 rings (SSSR count). The van der Waals surface area contributed by atoms with Gasteiger partial charge in [-0.2, -0.15) is 0 Å². The first-order valence-electron chi connectivity index (χ1n) is 8.03. The SMILES string of the molecule is CCCCOc1ccc(OC)cc1NC(=O)c1cc(N)ccc1C.Cl. The summed E-state index contributed by atoms with van der Waals surface area (Å²) < 4.78 is 11.0. The predicted molar refractivity (Wildman–Crippen MR) is 104 cm³/mol. The van der Waals surface area contributed by atoms with Crippen molar-refractivity contribution >= 4 is 29.7 Å². The van der Waals surface area contributed by atoms with Crippen LogP contribution in [0.15, 0.2) is 36.4 Å². The molecule has 136 valence electrons. The first-order valence-corrected chi connectivity index (χ1v) is 8.03. The van der Waals surface area contributed by atoms with Crippen LogP contribution >= 0.6 is 12.4 Å². The summed E-state index contributed by atoms with van der Waals surface area (Å²) in [6.07, 6.45) is 1.99. The number of benzene rings is 2. The van der Waals surface area contributed by atoms with Crippen LogP contribution in [0, 0.1) is 6.92 Å². The number of nitrogen functional groups attached to an aromatic ring is 1. The van der Waals surface area contributed by atoms with Gasteiger partial charge in [0.25, 0.3) is 5.91 Å². The molecule has 0 atom stereocenters. The minimum absolute atomic E-state index is 0. The number of carbonyl (C=O) groups is 1. The van der Waals surface area contributed by atoms with Crippen molar-refractivity contribution in [1.29, 1.82) is 0 Å². The number of hydrogen-bond donors (Lipinski definition) is 2. The predicted octanol–water partition coefficient (Wildman–Crippen LogP) is 4.44. The Morgan fingerprint density at radius 1 is 1.20 bits per heavy atom. The van der Waals surface area contributed by atoms with E-state index in [2.05, 4.69) is 12.2 Å². The van der Waals surface area contributed by atoms with Gasteiger partial charge < -0.3 is 20.5 Å². The second kappa shape index (κ2) is 9.79. The zero-order valence-corrected chi connectivity index (χ0v) is 15.6. The van der Waals surface area contributed by atoms with Crippen molar-refractivity contribution < 1.29 is 14.3 Å². The van der Waals surface area contributed by atoms with Gasteiger partial charge in [0, 0.05) is 17.3 Å². The molecule has 0 saturated heterocycles. The molecule has 0 heterocycles. The number of nitrogens with two attached hydrogens (primary N) is 1. The topological polar surface area (TPSA) is 73.6 Å². The number of nitrogens with one attached hydrogen (secondary N) is 1. The van der Waals surface area contributed by atoms with Crippen LogP contribution < -0.4 is 20.5 Å². The minimum atomic E-state index is -0.228. The Labute approximate surface area is 154 Å². The maximum Gasteiger partial charge on any atom is 0.256 e. The van der Waals surface area contributed by atoms with E-state index in [0.717, 1.165) is 18.4 Å². The van der Waals surface area contributed by atoms with Crippen LogP contribution in [0.4, 0.5) is 11.4 Å². The third-order valence-corrected chi connectivity index (χ3v) is 3.70. The molecule has 1 amide bonds. The summed E-state index contributed by atoms with van der Waals surface area (Å²) in [5, 5.41) is 2.90. The van der Waals surface area contributed by atoms with Gasteiger partial charge in [-0.25, -0.2) is 0 Å². The summed E-state index contributed by atoms with van der Waals surface area (Å²) in [6, 6.07) is 10.6. The second-order valence-electron chi connectivity index (χ2n) is 5.59. The molecule has 2 aromatic rings. The number of anilines is 2. The fourth-order valence-corrected chi connectivity index (χ4v) is 2.26. The summed E-state index contributed by atoms with van der Waals surface area (Å²) >= 11 is 0. The molecular weight excluding hydrogens is 340 g/mol. The lowest BCUT2D eigenvalue weighted by molar-refractivity contribution is 0.102. The molecule has 0 aliphatic heterocycles. The molecule has 0 saturated carbocycles. The molecule has 0 radical (unpaired) electrons. The zero-order chi connectivity index (χ0) is 17.5. The molecular formula is C19H25ClN2O3. The van der Waals surface area contributed by atoms with Crippen molar-refractivity contribution in [2.45, 2.75) is 26.7 Å². The summed E-state index contributed by atoms with van der Waals surface area (Å²) in [5.41, 5.74) is 8.32. The van der Waals surface area contributed by atoms with E-state index in [0.29, 0.717) is 35.0 Å². The summed E-state index contributed by atoms with van der Waals surface area (Å²) in [4.78, 5) is 12.6. The highest BCUT2D eigenvalue weighted by Gasteiger charge is 2.13. The number of amides is 1. The van der Waals surface area contributed by atoms with Gasteiger partial charge in [-0.1, -0.05) is 19.4 Å². The van der Waals surface area contributed by atoms with Crippen molar-refractivity contribution in [2.24, 2.45) is 0 Å². The zero-order valence-electron chi connectivity index (χ0n) is 14.8. The van der Waals surface area contributed by atoms with Gasteiger partial charge in [0.15, 0.2) is 0 Å². The number of ether oxygens (including phenoxy) is 2. The van der Waals surface area contributed by atoms with Crippen molar-refractivity contribution in [1.82, 2.24) is 0 Å². The van der Waals surface area contributed by atoms with Crippen LogP contribution in [0.5, 0.6) is 11.5 Å². The fourth-order valence-electron chi connectivity index (χ4n) is 2.26. The quantitative estimate of drug-likeness (QED) is 0.562. The highest BCUT2D eigenvalue weighted by molar-refractivity contribution is 6.06. The molecule has 0 fully saturated rings. The van der Waals surface area contributed by atoms with E-state index in [4.69, 9.17) is 15.2 Å². The lowest BCUT2D eigenvalue weighted by Gasteiger charge is -2.14. The first-order chi connectivity index (χ1) is 11.5. The lowest BCUT2D eigenvalue weighted by Crippen LogP contribution is -2.15. The van der Waals surface area contributed by atoms with Gasteiger partial charge >= 0.3 is 0 Å². The van der Waals surface area contributed by atoms with E-state index >= 15 is 0 Å². The van der Waals surface area contributed by atoms with Gasteiger partial charge in [0.2, 0.25) is 0 Å². The number of halogens is 1. The molecule has 25 heavy (non-hydrogen) atoms. The smallest absolute Gasteiger partial charge is 0.256 e. The number of carbonyl (C=O) groups excluding carboxylic acids is 1. The summed E-state index contributed by atoms with van der Waals surface area (Å²) in [7, 11) is 1.58. The van der Waals surface area contributed by atoms with Gasteiger partial charge in [0.05, 0.1) is 19.4 Å². The monoisotopic (exact) mass is 364 g/mol. The normalized spacial score (nSPS) is 9.88. The highest BCUT2D eigenvalue weighted by Crippen LogP contribution is 2.30. The van der Waals surface area contributed by atoms with Crippen LogP contribution in [-0.2, 0) is 0 Å². The fraction of sp³-hybridized carbons (Fsp3) is 0.316. The number of unbranched alkanes of at least 4 members (excludes halogenated alkanes) is 1. The maximum absolute atomic E-state index is 12.6. The van der Waals surface area contributed by atoms with E-state index in [1.54, 1.807) is 31.4 Å². The van der Waals surface area contributed by atoms with Gasteiger partial charge in [-0.3, -0.25) is 4.79 Å². The molecule has 0 unspecified atom stereocenters. The van der Waals surface area contributed by atoms with Gasteiger partial charge in [-0.05, 0) is 43.2 Å². The number of methoxy groups -OCH3 is 1. The molecule has 0 bridgehead atoms. The molecule has 0 aliphatic rings. The van der Waals surface area contributed by atoms with Crippen LogP contribution in [0.1, 0.15) is 35.7 Å². The van der Waals surface area contributed by atoms with Crippen molar-refractivity contribution in [2.75, 3.05) is 24.8 Å². The number of hydrogen-bond acceptors (Lipinski definition) is 4. The lowest BCUT2D eigenvalue weighted by atomic mass is 10.1. The average molecular weight is 365 g/mol. The maximum atomic E-state index is 12.6. The second-order valence-corrected chi connectivity index (χ2v) is 5.59. The van der Waals surface area contributed by atoms with Gasteiger partial charge in [-0.15, -0.1) is 12.4 Å². The Balaban J connectivity index is 0.00000312. The highest BCUT2D eigenvalue weighted by atomic mass is 35.5. The van der Waals surface area contributed by atoms with Crippen molar-refractivity contribution in [3.8, 4) is 11.5 Å². The van der Waals surface area contributed by atoms with E-state index in [1.807, 2.05) is 19.1 Å². The first kappa shape index (κ1) is 20.6. The largest absolute Gasteiger partial charge is 0.497 e. The molecule has 0 spiro atoms. The molecule has 6 heteroatoms. The van der Waals surface area contributed by atoms with E-state index in [-0.39, 0.29) is 18.3 Å². The van der Waals surface area contributed by atoms with Crippen molar-refractivity contribution in [3.05, 3.63) is 47.5 Å². The third kappa shape index (κ3) is 5.57. The van der Waals surface area contributed by atoms with Crippen molar-refractivity contribution in [3.63, 3.8) is 0 Å². The Morgan fingerprint density at radius 3 is 2.64 bits per heavy atom. The average Bonchev–Trinajstić information content (AvgIpc) is 2.58. The van der Waals surface area contributed by atoms with Crippen LogP contribution in [0.25, 0.3) is 0 Å². The number of rotatable bonds is 7. The minimum Gasteiger partial charge on any atom is -0.497 e. The molecule has 0 aliphatic carbocycles. The summed E-state index contributed by atoms with van der Waals surface area (Å²) in [6.45, 7) is 4.57. The van der Waals surface area contributed by atoms with Crippen LogP contribution in [-0.4, -0.2) is 19.6 Å². The Morgan fingerprint density at radius 2 is 1.96 bits per heavy atom. The Bertz CT molecular complexity index is 720. The van der Waals surface area contributed by atoms with E-state index < -0.39 is 0 Å². The molecule has 0 aromatic heterocycles. The van der Waals surface area contributed by atoms with E-state index in [9.17, 15) is 4.79 Å². The van der Waals surface area contributed by atoms with Crippen LogP contribution in [0.3, 0.4) is 0 Å². The Kier molecular flexibility index (Phi) is 8.08. The molecule has 3 N–H and O–H groups in total.